The van der Waals surface area contributed by atoms with E-state index in [9.17, 15) is 15.0 Å². The molecule has 5 atom stereocenters. The van der Waals surface area contributed by atoms with Crippen molar-refractivity contribution < 1.29 is 20.1 Å². The fraction of sp³-hybridized carbons (Fsp3) is 0.577. The Morgan fingerprint density at radius 1 is 1.32 bits per heavy atom. The summed E-state index contributed by atoms with van der Waals surface area (Å²) in [6.45, 7) is 2.35. The number of hydrogen-bond donors (Lipinski definition) is 4. The van der Waals surface area contributed by atoms with Gasteiger partial charge in [0.1, 0.15) is 0 Å². The second-order valence-corrected chi connectivity index (χ2v) is 9.16. The van der Waals surface area contributed by atoms with Crippen LogP contribution in [0.5, 0.6) is 0 Å². The minimum absolute atomic E-state index is 0.00358. The lowest BCUT2D eigenvalue weighted by molar-refractivity contribution is -0.121. The lowest BCUT2D eigenvalue weighted by Crippen LogP contribution is -2.25. The highest BCUT2D eigenvalue weighted by molar-refractivity contribution is 5.75. The quantitative estimate of drug-likeness (QED) is 0.323. The van der Waals surface area contributed by atoms with Gasteiger partial charge in [-0.3, -0.25) is 4.79 Å². The summed E-state index contributed by atoms with van der Waals surface area (Å²) in [5, 5.41) is 32.4. The third-order valence-electron chi connectivity index (χ3n) is 6.62. The number of aliphatic hydroxyl groups excluding tert-OH is 3. The molecule has 0 aromatic heterocycles. The van der Waals surface area contributed by atoms with Crippen molar-refractivity contribution >= 4 is 5.91 Å². The van der Waals surface area contributed by atoms with Gasteiger partial charge in [-0.25, -0.2) is 0 Å². The Hall–Kier alpha value is -1.95. The summed E-state index contributed by atoms with van der Waals surface area (Å²) < 4.78 is 0. The van der Waals surface area contributed by atoms with E-state index in [1.54, 1.807) is 0 Å². The fourth-order valence-electron chi connectivity index (χ4n) is 5.12. The maximum atomic E-state index is 11.6. The predicted molar refractivity (Wildman–Crippen MR) is 122 cm³/mol. The smallest absolute Gasteiger partial charge is 0.220 e. The molecule has 2 aliphatic rings. The van der Waals surface area contributed by atoms with E-state index < -0.39 is 6.10 Å². The molecule has 31 heavy (non-hydrogen) atoms. The van der Waals surface area contributed by atoms with Crippen molar-refractivity contribution in [1.29, 1.82) is 0 Å². The van der Waals surface area contributed by atoms with Crippen LogP contribution in [0.2, 0.25) is 0 Å². The first-order valence-corrected chi connectivity index (χ1v) is 11.6. The fourth-order valence-corrected chi connectivity index (χ4v) is 5.12. The molecular formula is C26H37NO4. The first-order chi connectivity index (χ1) is 15.0. The number of carbonyl (C=O) groups is 1. The maximum Gasteiger partial charge on any atom is 0.220 e. The number of allylic oxidation sites excluding steroid dienone is 2. The Kier molecular flexibility index (Phi) is 8.88. The summed E-state index contributed by atoms with van der Waals surface area (Å²) in [5.41, 5.74) is 3.76. The molecule has 0 spiro atoms. The Labute approximate surface area is 185 Å². The molecule has 1 amide bonds. The van der Waals surface area contributed by atoms with Crippen LogP contribution in [-0.2, 0) is 11.2 Å². The monoisotopic (exact) mass is 427 g/mol. The molecule has 2 aliphatic carbocycles. The van der Waals surface area contributed by atoms with E-state index >= 15 is 0 Å². The van der Waals surface area contributed by atoms with Gasteiger partial charge in [-0.15, -0.1) is 0 Å². The number of hydrogen-bond acceptors (Lipinski definition) is 4. The number of rotatable bonds is 11. The molecule has 1 fully saturated rings. The molecule has 0 unspecified atom stereocenters. The molecule has 1 saturated carbocycles. The third-order valence-corrected chi connectivity index (χ3v) is 6.62. The minimum Gasteiger partial charge on any atom is -0.395 e. The Balaban J connectivity index is 1.44. The summed E-state index contributed by atoms with van der Waals surface area (Å²) in [6, 6.07) is 8.20. The first-order valence-electron chi connectivity index (χ1n) is 11.6. The molecule has 4 N–H and O–H groups in total. The van der Waals surface area contributed by atoms with Gasteiger partial charge in [-0.2, -0.15) is 0 Å². The lowest BCUT2D eigenvalue weighted by Gasteiger charge is -2.19. The predicted octanol–water partition coefficient (Wildman–Crippen LogP) is 3.07. The van der Waals surface area contributed by atoms with Crippen LogP contribution in [0, 0.1) is 24.7 Å². The van der Waals surface area contributed by atoms with Crippen LogP contribution in [0.25, 0.3) is 0 Å². The van der Waals surface area contributed by atoms with Crippen LogP contribution in [0.3, 0.4) is 0 Å². The van der Waals surface area contributed by atoms with Gasteiger partial charge < -0.3 is 20.6 Å². The molecule has 1 aromatic carbocycles. The average Bonchev–Trinajstić information content (AvgIpc) is 3.24. The van der Waals surface area contributed by atoms with Crippen molar-refractivity contribution in [2.45, 2.75) is 64.1 Å². The molecule has 170 valence electrons. The Morgan fingerprint density at radius 3 is 2.94 bits per heavy atom. The van der Waals surface area contributed by atoms with Crippen molar-refractivity contribution in [3.63, 3.8) is 0 Å². The van der Waals surface area contributed by atoms with E-state index in [0.717, 1.165) is 37.7 Å². The molecule has 0 bridgehead atoms. The Bertz CT molecular complexity index is 787. The van der Waals surface area contributed by atoms with Gasteiger partial charge in [0.05, 0.1) is 18.8 Å². The van der Waals surface area contributed by atoms with Gasteiger partial charge in [0.25, 0.3) is 0 Å². The van der Waals surface area contributed by atoms with Crippen LogP contribution in [0.1, 0.15) is 49.7 Å². The minimum atomic E-state index is -0.543. The molecule has 3 rings (SSSR count). The highest BCUT2D eigenvalue weighted by Gasteiger charge is 2.43. The summed E-state index contributed by atoms with van der Waals surface area (Å²) in [4.78, 5) is 11.6. The van der Waals surface area contributed by atoms with E-state index in [1.165, 1.54) is 11.1 Å². The third kappa shape index (κ3) is 7.03. The topological polar surface area (TPSA) is 89.8 Å². The molecular weight excluding hydrogens is 390 g/mol. The average molecular weight is 428 g/mol. The van der Waals surface area contributed by atoms with Gasteiger partial charge in [-0.05, 0) is 56.4 Å². The van der Waals surface area contributed by atoms with E-state index in [-0.39, 0.29) is 24.5 Å². The molecule has 0 radical (unpaired) electrons. The molecule has 5 heteroatoms. The van der Waals surface area contributed by atoms with Crippen LogP contribution in [-0.4, -0.2) is 46.6 Å². The van der Waals surface area contributed by atoms with Crippen molar-refractivity contribution in [3.05, 3.63) is 59.2 Å². The van der Waals surface area contributed by atoms with Gasteiger partial charge in [0.15, 0.2) is 0 Å². The number of benzene rings is 1. The molecule has 0 saturated heterocycles. The van der Waals surface area contributed by atoms with Gasteiger partial charge in [0.2, 0.25) is 5.91 Å². The standard InChI is InChI=1S/C26H37NO4/c1-18-5-4-7-19(13-18)15-22(29)9-10-23-24-16-20(14-21(24)17-25(23)30)6-2-3-8-26(31)27-11-12-28/h4-5,7,9-10,13-14,21-25,28-30H,2-3,6,8,11-12,15-17H2,1H3,(H,27,31)/t21-,22+,23+,24-,25+/m0/s1. The van der Waals surface area contributed by atoms with E-state index in [2.05, 4.69) is 30.4 Å². The summed E-state index contributed by atoms with van der Waals surface area (Å²) in [5.74, 6) is 0.931. The number of fused-ring (bicyclic) bond motifs is 1. The summed E-state index contributed by atoms with van der Waals surface area (Å²) in [6.07, 6.45) is 11.1. The van der Waals surface area contributed by atoms with E-state index in [4.69, 9.17) is 5.11 Å². The number of amides is 1. The normalized spacial score (nSPS) is 26.1. The highest BCUT2D eigenvalue weighted by Crippen LogP contribution is 2.48. The van der Waals surface area contributed by atoms with E-state index in [1.807, 2.05) is 24.3 Å². The van der Waals surface area contributed by atoms with Crippen molar-refractivity contribution in [2.75, 3.05) is 13.2 Å². The van der Waals surface area contributed by atoms with Crippen LogP contribution in [0.4, 0.5) is 0 Å². The SMILES string of the molecule is Cc1cccc(C[C@H](O)C=C[C@@H]2[C@H]3CC(CCCCC(=O)NCCO)=C[C@H]3C[C@H]2O)c1. The van der Waals surface area contributed by atoms with Crippen LogP contribution < -0.4 is 5.32 Å². The zero-order chi connectivity index (χ0) is 22.2. The molecule has 0 heterocycles. The molecule has 0 aliphatic heterocycles. The second kappa shape index (κ2) is 11.6. The summed E-state index contributed by atoms with van der Waals surface area (Å²) in [7, 11) is 0. The second-order valence-electron chi connectivity index (χ2n) is 9.16. The first kappa shape index (κ1) is 23.7. The van der Waals surface area contributed by atoms with Gasteiger partial charge >= 0.3 is 0 Å². The van der Waals surface area contributed by atoms with Crippen molar-refractivity contribution in [2.24, 2.45) is 17.8 Å². The molecule has 5 nitrogen and oxygen atoms in total. The van der Waals surface area contributed by atoms with Gasteiger partial charge in [0, 0.05) is 25.3 Å². The molecule has 1 aromatic rings. The van der Waals surface area contributed by atoms with Gasteiger partial charge in [-0.1, -0.05) is 53.6 Å². The Morgan fingerprint density at radius 2 is 2.16 bits per heavy atom. The zero-order valence-electron chi connectivity index (χ0n) is 18.5. The highest BCUT2D eigenvalue weighted by atomic mass is 16.3. The number of aliphatic hydroxyl groups is 3. The number of nitrogens with one attached hydrogen (secondary N) is 1. The van der Waals surface area contributed by atoms with Crippen molar-refractivity contribution in [3.8, 4) is 0 Å². The van der Waals surface area contributed by atoms with E-state index in [0.29, 0.717) is 31.2 Å². The number of carbonyl (C=O) groups excluding carboxylic acids is 1. The largest absolute Gasteiger partial charge is 0.395 e. The van der Waals surface area contributed by atoms with Crippen LogP contribution in [0.15, 0.2) is 48.1 Å². The number of unbranched alkanes of at least 4 members (excludes halogenated alkanes) is 1. The summed E-state index contributed by atoms with van der Waals surface area (Å²) >= 11 is 0. The van der Waals surface area contributed by atoms with Crippen molar-refractivity contribution in [1.82, 2.24) is 5.32 Å². The van der Waals surface area contributed by atoms with Crippen LogP contribution >= 0.6 is 0 Å². The maximum absolute atomic E-state index is 11.6. The zero-order valence-corrected chi connectivity index (χ0v) is 18.5. The number of aryl methyl sites for hydroxylation is 1. The lowest BCUT2D eigenvalue weighted by atomic mass is 9.88.